The van der Waals surface area contributed by atoms with Crippen LogP contribution in [-0.4, -0.2) is 44.7 Å². The van der Waals surface area contributed by atoms with E-state index in [2.05, 4.69) is 15.6 Å². The number of rotatable bonds is 4. The molecule has 174 valence electrons. The van der Waals surface area contributed by atoms with Gasteiger partial charge in [0.15, 0.2) is 11.5 Å². The zero-order valence-corrected chi connectivity index (χ0v) is 18.0. The number of hydrogen-bond donors (Lipinski definition) is 1. The molecule has 33 heavy (non-hydrogen) atoms. The van der Waals surface area contributed by atoms with Crippen LogP contribution in [0.2, 0.25) is 0 Å². The predicted molar refractivity (Wildman–Crippen MR) is 112 cm³/mol. The van der Waals surface area contributed by atoms with Crippen LogP contribution in [0.4, 0.5) is 19.0 Å². The number of nitrogens with zero attached hydrogens (tertiary/aromatic N) is 4. The maximum atomic E-state index is 14.0. The summed E-state index contributed by atoms with van der Waals surface area (Å²) in [6, 6.07) is 8.11. The minimum Gasteiger partial charge on any atom is -0.360 e. The molecule has 0 spiro atoms. The van der Waals surface area contributed by atoms with Gasteiger partial charge in [-0.3, -0.25) is 9.59 Å². The van der Waals surface area contributed by atoms with Crippen LogP contribution in [0.3, 0.4) is 0 Å². The molecule has 0 unspecified atom stereocenters. The van der Waals surface area contributed by atoms with Crippen molar-refractivity contribution in [2.75, 3.05) is 18.4 Å². The second-order valence-electron chi connectivity index (χ2n) is 7.98. The summed E-state index contributed by atoms with van der Waals surface area (Å²) in [6.07, 6.45) is -3.18. The van der Waals surface area contributed by atoms with Gasteiger partial charge in [-0.1, -0.05) is 23.4 Å². The largest absolute Gasteiger partial charge is 0.434 e. The highest BCUT2D eigenvalue weighted by molar-refractivity contribution is 5.96. The summed E-state index contributed by atoms with van der Waals surface area (Å²) in [4.78, 5) is 26.8. The highest BCUT2D eigenvalue weighted by atomic mass is 19.4. The number of carbonyl (C=O) groups excluding carboxylic acids is 2. The summed E-state index contributed by atoms with van der Waals surface area (Å²) in [6.45, 7) is 3.68. The summed E-state index contributed by atoms with van der Waals surface area (Å²) in [5.41, 5.74) is -0.767. The molecule has 2 aromatic heterocycles. The van der Waals surface area contributed by atoms with Gasteiger partial charge in [-0.15, -0.1) is 0 Å². The van der Waals surface area contributed by atoms with Crippen LogP contribution < -0.4 is 5.32 Å². The Balaban J connectivity index is 1.50. The van der Waals surface area contributed by atoms with Gasteiger partial charge in [-0.25, -0.2) is 4.68 Å². The Morgan fingerprint density at radius 3 is 2.45 bits per heavy atom. The summed E-state index contributed by atoms with van der Waals surface area (Å²) in [7, 11) is 0. The van der Waals surface area contributed by atoms with Gasteiger partial charge in [-0.2, -0.15) is 18.3 Å². The van der Waals surface area contributed by atoms with E-state index >= 15 is 0 Å². The lowest BCUT2D eigenvalue weighted by Gasteiger charge is -2.31. The van der Waals surface area contributed by atoms with Crippen LogP contribution >= 0.6 is 0 Å². The summed E-state index contributed by atoms with van der Waals surface area (Å²) in [5, 5.41) is 10.3. The van der Waals surface area contributed by atoms with E-state index in [-0.39, 0.29) is 30.6 Å². The van der Waals surface area contributed by atoms with E-state index < -0.39 is 23.3 Å². The number of hydrogen-bond acceptors (Lipinski definition) is 5. The number of para-hydroxylation sites is 1. The molecule has 0 saturated carbocycles. The molecule has 0 atom stereocenters. The van der Waals surface area contributed by atoms with Gasteiger partial charge in [0.25, 0.3) is 5.91 Å². The first kappa shape index (κ1) is 22.6. The van der Waals surface area contributed by atoms with Crippen molar-refractivity contribution in [2.24, 2.45) is 5.92 Å². The number of piperidine rings is 1. The van der Waals surface area contributed by atoms with Crippen molar-refractivity contribution < 1.29 is 27.3 Å². The third-order valence-electron chi connectivity index (χ3n) is 5.64. The molecule has 3 heterocycles. The third-order valence-corrected chi connectivity index (χ3v) is 5.64. The normalized spacial score (nSPS) is 15.0. The number of carbonyl (C=O) groups is 2. The van der Waals surface area contributed by atoms with Gasteiger partial charge in [-0.05, 0) is 38.3 Å². The van der Waals surface area contributed by atoms with Crippen LogP contribution in [0.25, 0.3) is 5.69 Å². The zero-order valence-electron chi connectivity index (χ0n) is 18.0. The number of halogens is 3. The molecule has 1 aromatic carbocycles. The van der Waals surface area contributed by atoms with Gasteiger partial charge >= 0.3 is 6.18 Å². The number of likely N-dealkylation sites (tertiary alicyclic amines) is 1. The lowest BCUT2D eigenvalue weighted by molar-refractivity contribution is -0.143. The van der Waals surface area contributed by atoms with Crippen LogP contribution in [-0.2, 0) is 11.0 Å². The molecule has 11 heteroatoms. The fourth-order valence-electron chi connectivity index (χ4n) is 3.93. The first-order valence-corrected chi connectivity index (χ1v) is 10.4. The lowest BCUT2D eigenvalue weighted by Crippen LogP contribution is -2.42. The number of nitrogens with one attached hydrogen (secondary N) is 1. The van der Waals surface area contributed by atoms with Gasteiger partial charge < -0.3 is 14.7 Å². The Hall–Kier alpha value is -3.63. The van der Waals surface area contributed by atoms with E-state index in [1.165, 1.54) is 11.0 Å². The number of aromatic nitrogens is 3. The Labute approximate surface area is 187 Å². The van der Waals surface area contributed by atoms with E-state index in [4.69, 9.17) is 4.52 Å². The number of aryl methyl sites for hydroxylation is 2. The Morgan fingerprint density at radius 2 is 1.85 bits per heavy atom. The monoisotopic (exact) mass is 461 g/mol. The number of benzene rings is 1. The molecule has 0 aliphatic carbocycles. The average molecular weight is 461 g/mol. The van der Waals surface area contributed by atoms with Crippen LogP contribution in [0.5, 0.6) is 0 Å². The number of amides is 2. The average Bonchev–Trinajstić information content (AvgIpc) is 3.40. The fourth-order valence-corrected chi connectivity index (χ4v) is 3.93. The van der Waals surface area contributed by atoms with Crippen LogP contribution in [0, 0.1) is 19.8 Å². The van der Waals surface area contributed by atoms with E-state index in [9.17, 15) is 22.8 Å². The van der Waals surface area contributed by atoms with Gasteiger partial charge in [0.1, 0.15) is 5.76 Å². The maximum Gasteiger partial charge on any atom is 0.434 e. The van der Waals surface area contributed by atoms with Crippen LogP contribution in [0.15, 0.2) is 41.1 Å². The molecular formula is C22H22F3N5O3. The molecule has 0 radical (unpaired) electrons. The molecule has 1 saturated heterocycles. The molecule has 0 bridgehead atoms. The molecule has 1 N–H and O–H groups in total. The van der Waals surface area contributed by atoms with Crippen molar-refractivity contribution in [3.63, 3.8) is 0 Å². The Kier molecular flexibility index (Phi) is 5.96. The van der Waals surface area contributed by atoms with E-state index in [1.807, 2.05) is 0 Å². The van der Waals surface area contributed by atoms with Gasteiger partial charge in [0.05, 0.1) is 17.4 Å². The van der Waals surface area contributed by atoms with E-state index in [0.29, 0.717) is 30.0 Å². The highest BCUT2D eigenvalue weighted by Gasteiger charge is 2.42. The third kappa shape index (κ3) is 4.62. The zero-order chi connectivity index (χ0) is 23.8. The quantitative estimate of drug-likeness (QED) is 0.634. The predicted octanol–water partition coefficient (Wildman–Crippen LogP) is 3.99. The molecule has 1 aliphatic rings. The maximum absolute atomic E-state index is 14.0. The topological polar surface area (TPSA) is 93.3 Å². The van der Waals surface area contributed by atoms with Crippen molar-refractivity contribution in [1.29, 1.82) is 0 Å². The summed E-state index contributed by atoms with van der Waals surface area (Å²) < 4.78 is 47.6. The fraction of sp³-hybridized carbons (Fsp3) is 0.364. The van der Waals surface area contributed by atoms with Crippen molar-refractivity contribution in [2.45, 2.75) is 32.9 Å². The Morgan fingerprint density at radius 1 is 1.15 bits per heavy atom. The molecule has 3 aromatic rings. The second kappa shape index (κ2) is 8.72. The molecule has 2 amide bonds. The van der Waals surface area contributed by atoms with Crippen LogP contribution in [0.1, 0.15) is 40.2 Å². The minimum absolute atomic E-state index is 0.154. The first-order chi connectivity index (χ1) is 15.6. The molecule has 1 aliphatic heterocycles. The number of alkyl halides is 3. The molecule has 8 nitrogen and oxygen atoms in total. The first-order valence-electron chi connectivity index (χ1n) is 10.4. The summed E-state index contributed by atoms with van der Waals surface area (Å²) >= 11 is 0. The SMILES string of the molecule is Cc1cc(NC(=O)C2CCN(C(=O)c3cnn(-c4ccccc4C)c3C(F)(F)F)CC2)no1. The second-order valence-corrected chi connectivity index (χ2v) is 7.98. The van der Waals surface area contributed by atoms with E-state index in [1.54, 1.807) is 38.1 Å². The van der Waals surface area contributed by atoms with Crippen molar-refractivity contribution in [1.82, 2.24) is 19.8 Å². The van der Waals surface area contributed by atoms with Crippen molar-refractivity contribution in [3.05, 3.63) is 59.1 Å². The molecular weight excluding hydrogens is 439 g/mol. The number of anilines is 1. The molecule has 4 rings (SSSR count). The molecule has 1 fully saturated rings. The minimum atomic E-state index is -4.78. The lowest BCUT2D eigenvalue weighted by atomic mass is 9.95. The van der Waals surface area contributed by atoms with Crippen molar-refractivity contribution in [3.8, 4) is 5.69 Å². The van der Waals surface area contributed by atoms with Crippen molar-refractivity contribution >= 4 is 17.6 Å². The van der Waals surface area contributed by atoms with Gasteiger partial charge in [0.2, 0.25) is 5.91 Å². The highest BCUT2D eigenvalue weighted by Crippen LogP contribution is 2.35. The summed E-state index contributed by atoms with van der Waals surface area (Å²) in [5.74, 6) is -0.554. The van der Waals surface area contributed by atoms with Gasteiger partial charge in [0, 0.05) is 25.1 Å². The van der Waals surface area contributed by atoms with E-state index in [0.717, 1.165) is 10.9 Å². The smallest absolute Gasteiger partial charge is 0.360 e. The Bertz CT molecular complexity index is 1180. The standard InChI is InChI=1S/C22H22F3N5O3/c1-13-5-3-4-6-17(13)30-19(22(23,24)25)16(12-26-30)21(32)29-9-7-15(8-10-29)20(31)27-18-11-14(2)33-28-18/h3-6,11-12,15H,7-10H2,1-2H3,(H,27,28,31).